The van der Waals surface area contributed by atoms with Crippen LogP contribution in [-0.4, -0.2) is 17.8 Å². The Morgan fingerprint density at radius 3 is 2.71 bits per heavy atom. The Morgan fingerprint density at radius 2 is 2.07 bits per heavy atom. The predicted octanol–water partition coefficient (Wildman–Crippen LogP) is 2.85. The molecule has 0 aliphatic rings. The first-order chi connectivity index (χ1) is 6.81. The smallest absolute Gasteiger partial charge is 0.0766 e. The molecule has 0 heterocycles. The van der Waals surface area contributed by atoms with Gasteiger partial charge in [0.05, 0.1) is 6.10 Å². The van der Waals surface area contributed by atoms with Crippen LogP contribution in [0.5, 0.6) is 0 Å². The third-order valence-electron chi connectivity index (χ3n) is 1.87. The van der Waals surface area contributed by atoms with Crippen LogP contribution in [0, 0.1) is 0 Å². The van der Waals surface area contributed by atoms with Crippen LogP contribution in [0.1, 0.15) is 32.6 Å². The Kier molecular flexibility index (Phi) is 10.8. The summed E-state index contributed by atoms with van der Waals surface area (Å²) in [5.74, 6) is 0. The highest BCUT2D eigenvalue weighted by molar-refractivity contribution is 7.09. The van der Waals surface area contributed by atoms with Crippen molar-refractivity contribution in [3.8, 4) is 0 Å². The monoisotopic (exact) mass is 216 g/mol. The molecule has 0 amide bonds. The van der Waals surface area contributed by atoms with Crippen molar-refractivity contribution in [2.75, 3.05) is 6.61 Å². The minimum Gasteiger partial charge on any atom is -0.396 e. The third-order valence-corrected chi connectivity index (χ3v) is 2.30. The van der Waals surface area contributed by atoms with Gasteiger partial charge in [0, 0.05) is 16.1 Å². The van der Waals surface area contributed by atoms with Crippen LogP contribution < -0.4 is 0 Å². The molecule has 0 aliphatic carbocycles. The number of allylic oxidation sites excluding steroid dienone is 3. The number of hydrogen-bond acceptors (Lipinski definition) is 2. The molecule has 0 aliphatic heterocycles. The first kappa shape index (κ1) is 13.8. The van der Waals surface area contributed by atoms with Gasteiger partial charge in [0.25, 0.3) is 0 Å². The molecule has 3 heteroatoms. The Balaban J connectivity index is 3.31. The van der Waals surface area contributed by atoms with Gasteiger partial charge in [-0.1, -0.05) is 30.7 Å². The second kappa shape index (κ2) is 10.9. The summed E-state index contributed by atoms with van der Waals surface area (Å²) in [6.45, 7) is 2.30. The zero-order valence-corrected chi connectivity index (χ0v) is 10.0. The fourth-order valence-electron chi connectivity index (χ4n) is 0.992. The van der Waals surface area contributed by atoms with Crippen LogP contribution in [0.25, 0.3) is 0 Å². The Labute approximate surface area is 89.3 Å². The molecule has 0 aromatic heterocycles. The molecular formula is C11H21O2P. The van der Waals surface area contributed by atoms with E-state index < -0.39 is 0 Å². The quantitative estimate of drug-likeness (QED) is 0.384. The van der Waals surface area contributed by atoms with Gasteiger partial charge in [0.15, 0.2) is 0 Å². The summed E-state index contributed by atoms with van der Waals surface area (Å²) in [4.78, 5) is 0. The molecule has 0 radical (unpaired) electrons. The van der Waals surface area contributed by atoms with Crippen molar-refractivity contribution in [2.24, 2.45) is 0 Å². The number of hydrogen-bond donors (Lipinski definition) is 1. The summed E-state index contributed by atoms with van der Waals surface area (Å²) in [5, 5.41) is 8.55. The number of rotatable bonds is 8. The fraction of sp³-hybridized carbons (Fsp3) is 0.636. The Morgan fingerprint density at radius 1 is 1.29 bits per heavy atom. The molecule has 0 spiro atoms. The summed E-state index contributed by atoms with van der Waals surface area (Å²) in [6.07, 6.45) is 12.6. The van der Waals surface area contributed by atoms with Crippen molar-refractivity contribution in [1.82, 2.24) is 0 Å². The van der Waals surface area contributed by atoms with Crippen molar-refractivity contribution in [3.63, 3.8) is 0 Å². The van der Waals surface area contributed by atoms with Crippen LogP contribution >= 0.6 is 9.47 Å². The first-order valence-corrected chi connectivity index (χ1v) is 5.58. The molecule has 2 nitrogen and oxygen atoms in total. The van der Waals surface area contributed by atoms with E-state index in [4.69, 9.17) is 9.63 Å². The third kappa shape index (κ3) is 9.91. The standard InChI is InChI=1S/C11H21O2P/c1-11(13-14)9-7-5-3-2-4-6-8-10-12/h3,5,7,9,11-12H,2,4,6,8,10,14H2,1H3/b5-3-,9-7+. The van der Waals surface area contributed by atoms with E-state index in [-0.39, 0.29) is 6.10 Å². The molecule has 82 valence electrons. The lowest BCUT2D eigenvalue weighted by molar-refractivity contribution is 0.283. The Hall–Kier alpha value is -0.170. The maximum Gasteiger partial charge on any atom is 0.0766 e. The summed E-state index contributed by atoms with van der Waals surface area (Å²) in [7, 11) is 2.25. The van der Waals surface area contributed by atoms with Crippen molar-refractivity contribution >= 4 is 9.47 Å². The van der Waals surface area contributed by atoms with Crippen LogP contribution in [0.3, 0.4) is 0 Å². The molecule has 0 aromatic rings. The molecule has 14 heavy (non-hydrogen) atoms. The van der Waals surface area contributed by atoms with Crippen LogP contribution in [0.15, 0.2) is 24.3 Å². The number of aliphatic hydroxyl groups excluding tert-OH is 1. The normalized spacial score (nSPS) is 14.2. The molecule has 0 saturated heterocycles. The lowest BCUT2D eigenvalue weighted by Crippen LogP contribution is -1.93. The highest BCUT2D eigenvalue weighted by Gasteiger charge is 1.87. The molecular weight excluding hydrogens is 195 g/mol. The van der Waals surface area contributed by atoms with Crippen molar-refractivity contribution in [1.29, 1.82) is 0 Å². The van der Waals surface area contributed by atoms with E-state index in [2.05, 4.69) is 15.5 Å². The van der Waals surface area contributed by atoms with Crippen LogP contribution in [-0.2, 0) is 4.52 Å². The molecule has 2 atom stereocenters. The van der Waals surface area contributed by atoms with Crippen LogP contribution in [0.2, 0.25) is 0 Å². The van der Waals surface area contributed by atoms with Crippen LogP contribution in [0.4, 0.5) is 0 Å². The SMILES string of the molecule is CC(/C=C/C=C\CCCCCO)OP. The van der Waals surface area contributed by atoms with E-state index in [9.17, 15) is 0 Å². The topological polar surface area (TPSA) is 29.5 Å². The minimum atomic E-state index is 0.152. The second-order valence-electron chi connectivity index (χ2n) is 3.23. The lowest BCUT2D eigenvalue weighted by Gasteiger charge is -1.99. The van der Waals surface area contributed by atoms with Gasteiger partial charge in [-0.3, -0.25) is 0 Å². The van der Waals surface area contributed by atoms with Gasteiger partial charge < -0.3 is 9.63 Å². The molecule has 2 unspecified atom stereocenters. The van der Waals surface area contributed by atoms with Gasteiger partial charge in [-0.15, -0.1) is 0 Å². The molecule has 0 fully saturated rings. The number of aliphatic hydroxyl groups is 1. The van der Waals surface area contributed by atoms with Crippen molar-refractivity contribution < 1.29 is 9.63 Å². The molecule has 1 N–H and O–H groups in total. The van der Waals surface area contributed by atoms with Crippen molar-refractivity contribution in [2.45, 2.75) is 38.7 Å². The van der Waals surface area contributed by atoms with E-state index in [1.165, 1.54) is 0 Å². The van der Waals surface area contributed by atoms with Gasteiger partial charge in [-0.05, 0) is 26.2 Å². The van der Waals surface area contributed by atoms with Crippen molar-refractivity contribution in [3.05, 3.63) is 24.3 Å². The van der Waals surface area contributed by atoms with Gasteiger partial charge >= 0.3 is 0 Å². The predicted molar refractivity (Wildman–Crippen MR) is 64.1 cm³/mol. The van der Waals surface area contributed by atoms with E-state index in [0.29, 0.717) is 6.61 Å². The molecule has 0 bridgehead atoms. The average Bonchev–Trinajstić information content (AvgIpc) is 2.21. The fourth-order valence-corrected chi connectivity index (χ4v) is 1.08. The minimum absolute atomic E-state index is 0.152. The first-order valence-electron chi connectivity index (χ1n) is 5.11. The second-order valence-corrected chi connectivity index (χ2v) is 3.50. The van der Waals surface area contributed by atoms with E-state index >= 15 is 0 Å². The van der Waals surface area contributed by atoms with E-state index in [0.717, 1.165) is 25.7 Å². The summed E-state index contributed by atoms with van der Waals surface area (Å²) in [5.41, 5.74) is 0. The zero-order chi connectivity index (χ0) is 10.6. The van der Waals surface area contributed by atoms with Gasteiger partial charge in [-0.2, -0.15) is 0 Å². The summed E-state index contributed by atoms with van der Waals surface area (Å²) < 4.78 is 4.98. The van der Waals surface area contributed by atoms with Gasteiger partial charge in [-0.25, -0.2) is 0 Å². The zero-order valence-electron chi connectivity index (χ0n) is 8.86. The van der Waals surface area contributed by atoms with Gasteiger partial charge in [0.1, 0.15) is 0 Å². The highest BCUT2D eigenvalue weighted by Crippen LogP contribution is 2.01. The molecule has 0 saturated carbocycles. The largest absolute Gasteiger partial charge is 0.396 e. The summed E-state index contributed by atoms with van der Waals surface area (Å²) in [6, 6.07) is 0. The highest BCUT2D eigenvalue weighted by atomic mass is 31.0. The van der Waals surface area contributed by atoms with E-state index in [1.807, 2.05) is 25.2 Å². The van der Waals surface area contributed by atoms with E-state index in [1.54, 1.807) is 0 Å². The number of unbranched alkanes of at least 4 members (excludes halogenated alkanes) is 3. The maximum absolute atomic E-state index is 8.55. The Bertz CT molecular complexity index is 167. The van der Waals surface area contributed by atoms with Gasteiger partial charge in [0.2, 0.25) is 0 Å². The summed E-state index contributed by atoms with van der Waals surface area (Å²) >= 11 is 0. The lowest BCUT2D eigenvalue weighted by atomic mass is 10.2. The average molecular weight is 216 g/mol. The molecule has 0 rings (SSSR count). The maximum atomic E-state index is 8.55. The molecule has 0 aromatic carbocycles.